The molecule has 0 radical (unpaired) electrons. The number of hydrogen-bond donors (Lipinski definition) is 1. The zero-order valence-corrected chi connectivity index (χ0v) is 16.4. The number of likely N-dealkylation sites (tertiary alicyclic amines) is 1. The fourth-order valence-corrected chi connectivity index (χ4v) is 3.82. The molecule has 3 rings (SSSR count). The van der Waals surface area contributed by atoms with E-state index in [2.05, 4.69) is 42.0 Å². The molecule has 1 aromatic carbocycles. The summed E-state index contributed by atoms with van der Waals surface area (Å²) in [5.74, 6) is 0.905. The number of carbonyl (C=O) groups is 1. The number of nitrogens with zero attached hydrogens (tertiary/aromatic N) is 3. The minimum absolute atomic E-state index is 0.00823. The molecule has 6 heteroatoms. The maximum Gasteiger partial charge on any atom is 0.317 e. The van der Waals surface area contributed by atoms with Crippen LogP contribution in [0, 0.1) is 0 Å². The van der Waals surface area contributed by atoms with Gasteiger partial charge in [0.05, 0.1) is 18.8 Å². The van der Waals surface area contributed by atoms with Gasteiger partial charge in [-0.15, -0.1) is 0 Å². The summed E-state index contributed by atoms with van der Waals surface area (Å²) in [7, 11) is 1.85. The molecule has 2 atom stereocenters. The summed E-state index contributed by atoms with van der Waals surface area (Å²) >= 11 is 0. The Morgan fingerprint density at radius 1 is 1.35 bits per heavy atom. The van der Waals surface area contributed by atoms with E-state index >= 15 is 0 Å². The number of anilines is 1. The zero-order chi connectivity index (χ0) is 18.7. The lowest BCUT2D eigenvalue weighted by atomic mass is 10.2. The normalized spacial score (nSPS) is 22.9. The quantitative estimate of drug-likeness (QED) is 0.876. The van der Waals surface area contributed by atoms with Gasteiger partial charge in [0.1, 0.15) is 11.9 Å². The molecular formula is C20H32N4O2. The highest BCUT2D eigenvalue weighted by Crippen LogP contribution is 2.32. The Kier molecular flexibility index (Phi) is 5.91. The lowest BCUT2D eigenvalue weighted by Crippen LogP contribution is -2.50. The van der Waals surface area contributed by atoms with Gasteiger partial charge in [0.15, 0.2) is 0 Å². The number of nitrogens with one attached hydrogen (secondary N) is 1. The Morgan fingerprint density at radius 3 is 2.81 bits per heavy atom. The first-order chi connectivity index (χ1) is 12.5. The summed E-state index contributed by atoms with van der Waals surface area (Å²) < 4.78 is 6.13. The second kappa shape index (κ2) is 8.16. The molecule has 0 spiro atoms. The molecule has 0 aliphatic carbocycles. The number of benzene rings is 1. The highest BCUT2D eigenvalue weighted by Gasteiger charge is 2.29. The van der Waals surface area contributed by atoms with Crippen molar-refractivity contribution in [3.63, 3.8) is 0 Å². The van der Waals surface area contributed by atoms with Crippen LogP contribution in [0.2, 0.25) is 0 Å². The van der Waals surface area contributed by atoms with E-state index in [1.807, 2.05) is 25.2 Å². The number of urea groups is 1. The third-order valence-electron chi connectivity index (χ3n) is 5.41. The van der Waals surface area contributed by atoms with Crippen molar-refractivity contribution in [2.45, 2.75) is 45.4 Å². The number of hydrogen-bond acceptors (Lipinski definition) is 4. The summed E-state index contributed by atoms with van der Waals surface area (Å²) in [5, 5.41) is 3.17. The first kappa shape index (κ1) is 18.8. The molecule has 2 heterocycles. The predicted molar refractivity (Wildman–Crippen MR) is 105 cm³/mol. The molecule has 1 N–H and O–H groups in total. The second-order valence-corrected chi connectivity index (χ2v) is 7.65. The Morgan fingerprint density at radius 2 is 2.12 bits per heavy atom. The Bertz CT molecular complexity index is 622. The van der Waals surface area contributed by atoms with Gasteiger partial charge in [-0.3, -0.25) is 4.90 Å². The van der Waals surface area contributed by atoms with Gasteiger partial charge in [-0.1, -0.05) is 12.1 Å². The van der Waals surface area contributed by atoms with E-state index < -0.39 is 0 Å². The van der Waals surface area contributed by atoms with Gasteiger partial charge in [-0.2, -0.15) is 0 Å². The van der Waals surface area contributed by atoms with Crippen LogP contribution < -0.4 is 15.0 Å². The van der Waals surface area contributed by atoms with E-state index in [0.29, 0.717) is 12.6 Å². The van der Waals surface area contributed by atoms with Crippen molar-refractivity contribution in [2.75, 3.05) is 44.7 Å². The molecule has 2 aliphatic rings. The molecule has 26 heavy (non-hydrogen) atoms. The van der Waals surface area contributed by atoms with Crippen LogP contribution in [0.15, 0.2) is 24.3 Å². The van der Waals surface area contributed by atoms with Crippen LogP contribution in [0.1, 0.15) is 27.2 Å². The molecule has 0 bridgehead atoms. The molecular weight excluding hydrogens is 328 g/mol. The van der Waals surface area contributed by atoms with Crippen LogP contribution in [0.3, 0.4) is 0 Å². The highest BCUT2D eigenvalue weighted by molar-refractivity contribution is 5.74. The molecule has 2 amide bonds. The summed E-state index contributed by atoms with van der Waals surface area (Å²) in [5.41, 5.74) is 1.14. The van der Waals surface area contributed by atoms with Gasteiger partial charge in [0.25, 0.3) is 0 Å². The minimum atomic E-state index is -0.0173. The average molecular weight is 361 g/mol. The number of amides is 2. The van der Waals surface area contributed by atoms with E-state index in [-0.39, 0.29) is 18.2 Å². The van der Waals surface area contributed by atoms with Gasteiger partial charge >= 0.3 is 6.03 Å². The third-order valence-corrected chi connectivity index (χ3v) is 5.41. The van der Waals surface area contributed by atoms with E-state index in [1.54, 1.807) is 4.90 Å². The molecule has 2 unspecified atom stereocenters. The molecule has 2 aliphatic heterocycles. The van der Waals surface area contributed by atoms with Gasteiger partial charge in [0.2, 0.25) is 0 Å². The third kappa shape index (κ3) is 4.23. The molecule has 0 aromatic heterocycles. The number of carbonyl (C=O) groups excluding carboxylic acids is 1. The van der Waals surface area contributed by atoms with E-state index in [9.17, 15) is 4.79 Å². The summed E-state index contributed by atoms with van der Waals surface area (Å²) in [6, 6.07) is 8.89. The first-order valence-electron chi connectivity index (χ1n) is 9.74. The fourth-order valence-electron chi connectivity index (χ4n) is 3.82. The molecule has 144 valence electrons. The van der Waals surface area contributed by atoms with Crippen LogP contribution in [0.25, 0.3) is 0 Å². The number of rotatable bonds is 5. The number of ether oxygens (including phenoxy) is 1. The van der Waals surface area contributed by atoms with Crippen LogP contribution in [0.4, 0.5) is 10.5 Å². The molecule has 1 saturated heterocycles. The SMILES string of the molecule is CCN1CC(CN(C)C(=O)NC2CCN(C(C)C)C2)Oc2ccccc21. The molecule has 1 fully saturated rings. The highest BCUT2D eigenvalue weighted by atomic mass is 16.5. The summed E-state index contributed by atoms with van der Waals surface area (Å²) in [4.78, 5) is 19.0. The van der Waals surface area contributed by atoms with Crippen molar-refractivity contribution in [3.8, 4) is 5.75 Å². The van der Waals surface area contributed by atoms with Gasteiger partial charge in [0, 0.05) is 38.8 Å². The lowest BCUT2D eigenvalue weighted by molar-refractivity contribution is 0.143. The van der Waals surface area contributed by atoms with Crippen molar-refractivity contribution >= 4 is 11.7 Å². The van der Waals surface area contributed by atoms with Gasteiger partial charge in [-0.05, 0) is 39.3 Å². The molecule has 0 saturated carbocycles. The predicted octanol–water partition coefficient (Wildman–Crippen LogP) is 2.40. The van der Waals surface area contributed by atoms with Crippen molar-refractivity contribution in [1.82, 2.24) is 15.1 Å². The van der Waals surface area contributed by atoms with Crippen LogP contribution in [-0.2, 0) is 0 Å². The van der Waals surface area contributed by atoms with Crippen LogP contribution in [-0.4, -0.2) is 73.8 Å². The first-order valence-corrected chi connectivity index (χ1v) is 9.74. The topological polar surface area (TPSA) is 48.0 Å². The van der Waals surface area contributed by atoms with Gasteiger partial charge in [-0.25, -0.2) is 4.79 Å². The largest absolute Gasteiger partial charge is 0.485 e. The Labute approximate surface area is 157 Å². The molecule has 1 aromatic rings. The molecule has 6 nitrogen and oxygen atoms in total. The smallest absolute Gasteiger partial charge is 0.317 e. The fraction of sp³-hybridized carbons (Fsp3) is 0.650. The monoisotopic (exact) mass is 360 g/mol. The van der Waals surface area contributed by atoms with Gasteiger partial charge < -0.3 is 19.9 Å². The maximum atomic E-state index is 12.6. The van der Waals surface area contributed by atoms with Crippen LogP contribution in [0.5, 0.6) is 5.75 Å². The number of fused-ring (bicyclic) bond motifs is 1. The van der Waals surface area contributed by atoms with Crippen molar-refractivity contribution in [3.05, 3.63) is 24.3 Å². The standard InChI is InChI=1S/C20H32N4O2/c1-5-23-14-17(26-19-9-7-6-8-18(19)23)13-22(4)20(25)21-16-10-11-24(12-16)15(2)3/h6-9,15-17H,5,10-14H2,1-4H3,(H,21,25). The second-order valence-electron chi connectivity index (χ2n) is 7.65. The van der Waals surface area contributed by atoms with Crippen molar-refractivity contribution in [1.29, 1.82) is 0 Å². The van der Waals surface area contributed by atoms with Crippen molar-refractivity contribution in [2.24, 2.45) is 0 Å². The Hall–Kier alpha value is -1.95. The van der Waals surface area contributed by atoms with E-state index in [1.165, 1.54) is 0 Å². The van der Waals surface area contributed by atoms with E-state index in [4.69, 9.17) is 4.74 Å². The Balaban J connectivity index is 1.53. The average Bonchev–Trinajstić information content (AvgIpc) is 3.09. The maximum absolute atomic E-state index is 12.6. The number of likely N-dealkylation sites (N-methyl/N-ethyl adjacent to an activating group) is 2. The summed E-state index contributed by atoms with van der Waals surface area (Å²) in [6.45, 7) is 10.9. The van der Waals surface area contributed by atoms with E-state index in [0.717, 1.165) is 44.0 Å². The van der Waals surface area contributed by atoms with Crippen molar-refractivity contribution < 1.29 is 9.53 Å². The lowest BCUT2D eigenvalue weighted by Gasteiger charge is -2.37. The zero-order valence-electron chi connectivity index (χ0n) is 16.4. The number of para-hydroxylation sites is 2. The summed E-state index contributed by atoms with van der Waals surface area (Å²) in [6.07, 6.45) is 1.01. The van der Waals surface area contributed by atoms with Crippen LogP contribution >= 0.6 is 0 Å². The minimum Gasteiger partial charge on any atom is -0.485 e.